The Hall–Kier alpha value is 0.374. The lowest BCUT2D eigenvalue weighted by atomic mass is 10.2. The Morgan fingerprint density at radius 2 is 0.867 bits per heavy atom. The van der Waals surface area contributed by atoms with Crippen molar-refractivity contribution in [2.45, 2.75) is 116 Å². The lowest BCUT2D eigenvalue weighted by Gasteiger charge is -2.36. The lowest BCUT2D eigenvalue weighted by molar-refractivity contribution is 0.212. The van der Waals surface area contributed by atoms with Crippen LogP contribution in [0.25, 0.3) is 0 Å². The normalized spacial score (nSPS) is 13.7. The van der Waals surface area contributed by atoms with Gasteiger partial charge in [-0.25, -0.2) is 0 Å². The molecule has 0 aromatic rings. The Labute approximate surface area is 190 Å². The van der Waals surface area contributed by atoms with Crippen molar-refractivity contribution in [3.05, 3.63) is 0 Å². The summed E-state index contributed by atoms with van der Waals surface area (Å²) >= 11 is 0. The van der Waals surface area contributed by atoms with E-state index in [4.69, 9.17) is 17.9 Å². The van der Waals surface area contributed by atoms with Gasteiger partial charge < -0.3 is 8.85 Å². The maximum Gasteiger partial charge on any atom is 0.697 e. The molecule has 0 saturated heterocycles. The van der Waals surface area contributed by atoms with Crippen molar-refractivity contribution in [3.8, 4) is 0 Å². The maximum absolute atomic E-state index is 11.8. The van der Waals surface area contributed by atoms with Crippen LogP contribution in [-0.4, -0.2) is 43.1 Å². The highest BCUT2D eigenvalue weighted by molar-refractivity contribution is 7.33. The third kappa shape index (κ3) is 13.0. The SMILES string of the molecule is CC(C)(C)[Si](C)(C)OCCCCCO[P+](=O)OCCCCCO[Si](C)(C)C(C)(C)C. The zero-order valence-electron chi connectivity index (χ0n) is 21.6. The first-order chi connectivity index (χ1) is 13.6. The van der Waals surface area contributed by atoms with E-state index in [-0.39, 0.29) is 10.1 Å². The van der Waals surface area contributed by atoms with Crippen molar-refractivity contribution in [3.63, 3.8) is 0 Å². The van der Waals surface area contributed by atoms with E-state index in [9.17, 15) is 4.57 Å². The zero-order valence-corrected chi connectivity index (χ0v) is 24.5. The highest BCUT2D eigenvalue weighted by Crippen LogP contribution is 2.37. The van der Waals surface area contributed by atoms with Gasteiger partial charge in [-0.05, 0) is 74.8 Å². The number of rotatable bonds is 16. The molecule has 0 aliphatic carbocycles. The number of hydrogen-bond acceptors (Lipinski definition) is 5. The van der Waals surface area contributed by atoms with Crippen LogP contribution in [0, 0.1) is 0 Å². The van der Waals surface area contributed by atoms with Crippen molar-refractivity contribution in [2.75, 3.05) is 26.4 Å². The minimum atomic E-state index is -2.00. The molecule has 0 aromatic heterocycles. The summed E-state index contributed by atoms with van der Waals surface area (Å²) in [4.78, 5) is 0. The van der Waals surface area contributed by atoms with Crippen LogP contribution >= 0.6 is 8.25 Å². The van der Waals surface area contributed by atoms with Crippen LogP contribution in [0.1, 0.15) is 80.1 Å². The maximum atomic E-state index is 11.8. The van der Waals surface area contributed by atoms with Crippen LogP contribution < -0.4 is 0 Å². The fraction of sp³-hybridized carbons (Fsp3) is 1.00. The van der Waals surface area contributed by atoms with Crippen LogP contribution in [0.15, 0.2) is 0 Å². The Kier molecular flexibility index (Phi) is 14.0. The van der Waals surface area contributed by atoms with E-state index in [0.717, 1.165) is 51.7 Å². The molecule has 0 N–H and O–H groups in total. The van der Waals surface area contributed by atoms with Crippen LogP contribution in [0.5, 0.6) is 0 Å². The molecule has 0 fully saturated rings. The van der Waals surface area contributed by atoms with Gasteiger partial charge in [-0.1, -0.05) is 41.5 Å². The van der Waals surface area contributed by atoms with Crippen molar-refractivity contribution in [2.24, 2.45) is 0 Å². The average molecular weight is 482 g/mol. The van der Waals surface area contributed by atoms with Gasteiger partial charge >= 0.3 is 8.25 Å². The molecule has 0 aromatic carbocycles. The summed E-state index contributed by atoms with van der Waals surface area (Å²) in [5.41, 5.74) is 0. The van der Waals surface area contributed by atoms with Crippen LogP contribution in [0.3, 0.4) is 0 Å². The Morgan fingerprint density at radius 3 is 1.17 bits per heavy atom. The molecule has 0 unspecified atom stereocenters. The molecule has 0 aliphatic rings. The van der Waals surface area contributed by atoms with Gasteiger partial charge in [0, 0.05) is 17.8 Å². The molecule has 0 spiro atoms. The van der Waals surface area contributed by atoms with Gasteiger partial charge in [0.1, 0.15) is 13.2 Å². The minimum Gasteiger partial charge on any atom is -0.417 e. The highest BCUT2D eigenvalue weighted by atomic mass is 31.1. The summed E-state index contributed by atoms with van der Waals surface area (Å²) in [5.74, 6) is 0. The standard InChI is InChI=1S/C22H50O5PSi2/c1-21(2,3)29(7,8)26-19-15-11-13-17-24-28(23)25-18-14-12-16-20-27-30(9,10)22(4,5)6/h11-20H2,1-10H3/q+1. The summed E-state index contributed by atoms with van der Waals surface area (Å²) < 4.78 is 34.7. The Bertz CT molecular complexity index is 443. The molecule has 0 bridgehead atoms. The molecule has 30 heavy (non-hydrogen) atoms. The molecule has 0 saturated carbocycles. The van der Waals surface area contributed by atoms with Gasteiger partial charge in [-0.3, -0.25) is 0 Å². The largest absolute Gasteiger partial charge is 0.697 e. The van der Waals surface area contributed by atoms with E-state index in [1.165, 1.54) is 0 Å². The highest BCUT2D eigenvalue weighted by Gasteiger charge is 2.37. The fourth-order valence-electron chi connectivity index (χ4n) is 2.16. The van der Waals surface area contributed by atoms with Crippen molar-refractivity contribution in [1.29, 1.82) is 0 Å². The molecule has 0 aliphatic heterocycles. The molecule has 0 rings (SSSR count). The molecule has 8 heteroatoms. The molecular weight excluding hydrogens is 431 g/mol. The van der Waals surface area contributed by atoms with Crippen molar-refractivity contribution < 1.29 is 22.5 Å². The van der Waals surface area contributed by atoms with Crippen molar-refractivity contribution >= 4 is 24.9 Å². The third-order valence-corrected chi connectivity index (χ3v) is 16.4. The third-order valence-electron chi connectivity index (χ3n) is 6.51. The minimum absolute atomic E-state index is 0.254. The summed E-state index contributed by atoms with van der Waals surface area (Å²) in [6.45, 7) is 25.2. The number of unbranched alkanes of at least 4 members (excludes halogenated alkanes) is 4. The summed E-state index contributed by atoms with van der Waals surface area (Å²) in [5, 5.41) is 0.507. The molecular formula is C22H50O5PSi2+. The molecule has 0 radical (unpaired) electrons. The topological polar surface area (TPSA) is 54.0 Å². The van der Waals surface area contributed by atoms with Crippen LogP contribution in [-0.2, 0) is 22.5 Å². The smallest absolute Gasteiger partial charge is 0.417 e. The molecule has 0 amide bonds. The number of hydrogen-bond donors (Lipinski definition) is 0. The Balaban J connectivity index is 3.59. The fourth-order valence-corrected chi connectivity index (χ4v) is 4.97. The first-order valence-electron chi connectivity index (χ1n) is 11.6. The second kappa shape index (κ2) is 13.8. The van der Waals surface area contributed by atoms with E-state index in [2.05, 4.69) is 67.7 Å². The second-order valence-corrected chi connectivity index (χ2v) is 21.8. The van der Waals surface area contributed by atoms with E-state index in [0.29, 0.717) is 13.2 Å². The average Bonchev–Trinajstić information content (AvgIpc) is 2.57. The van der Waals surface area contributed by atoms with Gasteiger partial charge in [0.2, 0.25) is 0 Å². The summed E-state index contributed by atoms with van der Waals surface area (Å²) in [6, 6.07) is 0. The van der Waals surface area contributed by atoms with Gasteiger partial charge in [0.25, 0.3) is 0 Å². The van der Waals surface area contributed by atoms with Gasteiger partial charge in [-0.15, -0.1) is 9.05 Å². The Morgan fingerprint density at radius 1 is 0.567 bits per heavy atom. The van der Waals surface area contributed by atoms with Gasteiger partial charge in [0.15, 0.2) is 16.6 Å². The molecule has 5 nitrogen and oxygen atoms in total. The quantitative estimate of drug-likeness (QED) is 0.127. The van der Waals surface area contributed by atoms with E-state index in [1.807, 2.05) is 0 Å². The van der Waals surface area contributed by atoms with Crippen LogP contribution in [0.2, 0.25) is 36.3 Å². The predicted molar refractivity (Wildman–Crippen MR) is 134 cm³/mol. The first-order valence-corrected chi connectivity index (χ1v) is 18.5. The molecule has 0 atom stereocenters. The molecule has 0 heterocycles. The van der Waals surface area contributed by atoms with E-state index < -0.39 is 24.9 Å². The second-order valence-electron chi connectivity index (χ2n) is 11.2. The lowest BCUT2D eigenvalue weighted by Crippen LogP contribution is -2.40. The monoisotopic (exact) mass is 481 g/mol. The van der Waals surface area contributed by atoms with Gasteiger partial charge in [-0.2, -0.15) is 0 Å². The first kappa shape index (κ1) is 30.4. The molecule has 180 valence electrons. The van der Waals surface area contributed by atoms with E-state index in [1.54, 1.807) is 0 Å². The van der Waals surface area contributed by atoms with E-state index >= 15 is 0 Å². The zero-order chi connectivity index (χ0) is 23.5. The predicted octanol–water partition coefficient (Wildman–Crippen LogP) is 8.06. The summed E-state index contributed by atoms with van der Waals surface area (Å²) in [6.07, 6.45) is 5.85. The van der Waals surface area contributed by atoms with Crippen molar-refractivity contribution in [1.82, 2.24) is 0 Å². The summed E-state index contributed by atoms with van der Waals surface area (Å²) in [7, 11) is -5.28. The van der Waals surface area contributed by atoms with Gasteiger partial charge in [0.05, 0.1) is 0 Å². The van der Waals surface area contributed by atoms with Crippen LogP contribution in [0.4, 0.5) is 0 Å².